The van der Waals surface area contributed by atoms with Crippen molar-refractivity contribution in [2.24, 2.45) is 5.92 Å². The molecule has 4 fully saturated rings. The maximum atomic E-state index is 12.6. The van der Waals surface area contributed by atoms with Crippen LogP contribution in [-0.4, -0.2) is 78.5 Å². The van der Waals surface area contributed by atoms with Gasteiger partial charge in [0.25, 0.3) is 0 Å². The van der Waals surface area contributed by atoms with Gasteiger partial charge in [-0.05, 0) is 56.6 Å². The summed E-state index contributed by atoms with van der Waals surface area (Å²) in [6, 6.07) is 27.5. The van der Waals surface area contributed by atoms with Crippen LogP contribution in [0, 0.1) is 12.8 Å². The minimum Gasteiger partial charge on any atom is -0.459 e. The van der Waals surface area contributed by atoms with Gasteiger partial charge in [0.15, 0.2) is 0 Å². The van der Waals surface area contributed by atoms with Crippen LogP contribution in [0.5, 0.6) is 0 Å². The van der Waals surface area contributed by atoms with Gasteiger partial charge in [-0.3, -0.25) is 9.69 Å². The topological polar surface area (TPSA) is 74.9 Å². The molecule has 0 radical (unpaired) electrons. The number of para-hydroxylation sites is 1. The first-order chi connectivity index (χ1) is 21.4. The number of Topliss-reactive ketones (excluding diaryl/α,β-unsaturated/α-hetero) is 1. The number of esters is 1. The molecule has 1 aromatic heterocycles. The van der Waals surface area contributed by atoms with Crippen molar-refractivity contribution in [2.75, 3.05) is 33.8 Å². The Kier molecular flexibility index (Phi) is 9.26. The van der Waals surface area contributed by atoms with Gasteiger partial charge < -0.3 is 19.4 Å². The number of nitrogens with zero attached hydrogens (tertiary/aromatic N) is 2. The van der Waals surface area contributed by atoms with Crippen molar-refractivity contribution < 1.29 is 19.1 Å². The molecule has 6 atom stereocenters. The quantitative estimate of drug-likeness (QED) is 0.246. The highest BCUT2D eigenvalue weighted by molar-refractivity contribution is 6.04. The van der Waals surface area contributed by atoms with Crippen LogP contribution in [0.15, 0.2) is 85.1 Å². The zero-order valence-electron chi connectivity index (χ0n) is 25.9. The molecule has 7 nitrogen and oxygen atoms in total. The second kappa shape index (κ2) is 13.5. The SMILES string of the molecule is Cc1ccccc1C(OCCN(C)C)c1ccccc1.O=C(OC1C[C@@H]2CC3C[C@H](C1)N2CC3=O)c1c[nH]c2ccccc12. The predicted molar refractivity (Wildman–Crippen MR) is 173 cm³/mol. The summed E-state index contributed by atoms with van der Waals surface area (Å²) < 4.78 is 12.0. The van der Waals surface area contributed by atoms with E-state index in [1.165, 1.54) is 16.7 Å². The van der Waals surface area contributed by atoms with Gasteiger partial charge in [-0.25, -0.2) is 4.79 Å². The molecule has 4 aliphatic heterocycles. The Balaban J connectivity index is 0.000000159. The van der Waals surface area contributed by atoms with Gasteiger partial charge in [-0.1, -0.05) is 72.8 Å². The molecular weight excluding hydrogens is 550 g/mol. The lowest BCUT2D eigenvalue weighted by Gasteiger charge is -2.54. The number of benzene rings is 3. The van der Waals surface area contributed by atoms with Crippen molar-refractivity contribution in [3.8, 4) is 0 Å². The number of aromatic nitrogens is 1. The number of piperidine rings is 4. The maximum Gasteiger partial charge on any atom is 0.340 e. The van der Waals surface area contributed by atoms with Gasteiger partial charge in [0.1, 0.15) is 18.0 Å². The number of aryl methyl sites for hydroxylation is 1. The second-order valence-electron chi connectivity index (χ2n) is 12.7. The summed E-state index contributed by atoms with van der Waals surface area (Å²) in [5, 5.41) is 0.909. The van der Waals surface area contributed by atoms with Crippen LogP contribution < -0.4 is 0 Å². The monoisotopic (exact) mass is 593 g/mol. The number of hydrogen-bond donors (Lipinski definition) is 1. The number of ketones is 1. The van der Waals surface area contributed by atoms with Gasteiger partial charge in [-0.2, -0.15) is 0 Å². The Labute approximate surface area is 260 Å². The number of rotatable bonds is 8. The third-order valence-corrected chi connectivity index (χ3v) is 9.39. The van der Waals surface area contributed by atoms with Gasteiger partial charge in [0, 0.05) is 54.5 Å². The van der Waals surface area contributed by atoms with Crippen LogP contribution in [0.1, 0.15) is 58.8 Å². The molecule has 4 bridgehead atoms. The second-order valence-corrected chi connectivity index (χ2v) is 12.7. The molecule has 4 aromatic rings. The molecule has 8 rings (SSSR count). The summed E-state index contributed by atoms with van der Waals surface area (Å²) in [5.41, 5.74) is 5.29. The summed E-state index contributed by atoms with van der Waals surface area (Å²) >= 11 is 0. The van der Waals surface area contributed by atoms with E-state index in [4.69, 9.17) is 9.47 Å². The number of ether oxygens (including phenoxy) is 2. The molecule has 4 aliphatic rings. The van der Waals surface area contributed by atoms with E-state index < -0.39 is 0 Å². The first-order valence-electron chi connectivity index (χ1n) is 15.8. The van der Waals surface area contributed by atoms with Crippen LogP contribution in [0.3, 0.4) is 0 Å². The fourth-order valence-corrected chi connectivity index (χ4v) is 7.10. The Morgan fingerprint density at radius 2 is 1.61 bits per heavy atom. The molecule has 5 heterocycles. The number of H-pyrrole nitrogens is 1. The third-order valence-electron chi connectivity index (χ3n) is 9.39. The molecule has 0 amide bonds. The maximum absolute atomic E-state index is 12.6. The number of hydrogen-bond acceptors (Lipinski definition) is 6. The van der Waals surface area contributed by atoms with Crippen molar-refractivity contribution in [3.63, 3.8) is 0 Å². The Bertz CT molecular complexity index is 1570. The van der Waals surface area contributed by atoms with E-state index >= 15 is 0 Å². The van der Waals surface area contributed by atoms with Crippen LogP contribution in [0.4, 0.5) is 0 Å². The van der Waals surface area contributed by atoms with E-state index in [1.54, 1.807) is 6.20 Å². The third kappa shape index (κ3) is 6.65. The van der Waals surface area contributed by atoms with E-state index in [2.05, 4.69) is 84.3 Å². The summed E-state index contributed by atoms with van der Waals surface area (Å²) in [6.45, 7) is 4.39. The van der Waals surface area contributed by atoms with Crippen molar-refractivity contribution >= 4 is 22.7 Å². The van der Waals surface area contributed by atoms with Crippen molar-refractivity contribution in [1.82, 2.24) is 14.8 Å². The molecule has 4 saturated heterocycles. The summed E-state index contributed by atoms with van der Waals surface area (Å²) in [4.78, 5) is 32.1. The van der Waals surface area contributed by atoms with E-state index in [-0.39, 0.29) is 24.1 Å². The zero-order valence-corrected chi connectivity index (χ0v) is 25.9. The number of carbonyl (C=O) groups is 2. The molecule has 1 N–H and O–H groups in total. The molecule has 230 valence electrons. The van der Waals surface area contributed by atoms with Gasteiger partial charge in [0.2, 0.25) is 0 Å². The van der Waals surface area contributed by atoms with Crippen molar-refractivity contribution in [1.29, 1.82) is 0 Å². The summed E-state index contributed by atoms with van der Waals surface area (Å²) in [6.07, 6.45) is 5.31. The highest BCUT2D eigenvalue weighted by Gasteiger charge is 2.49. The minimum atomic E-state index is -0.242. The molecule has 0 saturated carbocycles. The van der Waals surface area contributed by atoms with Crippen LogP contribution in [0.2, 0.25) is 0 Å². The van der Waals surface area contributed by atoms with Crippen LogP contribution >= 0.6 is 0 Å². The summed E-state index contributed by atoms with van der Waals surface area (Å²) in [5.74, 6) is 0.403. The van der Waals surface area contributed by atoms with Crippen LogP contribution in [0.25, 0.3) is 10.9 Å². The molecule has 0 aliphatic carbocycles. The number of aromatic amines is 1. The average Bonchev–Trinajstić information content (AvgIpc) is 3.45. The Morgan fingerprint density at radius 1 is 0.932 bits per heavy atom. The molecule has 44 heavy (non-hydrogen) atoms. The molecule has 4 unspecified atom stereocenters. The Hall–Kier alpha value is -3.78. The lowest BCUT2D eigenvalue weighted by Crippen LogP contribution is -2.63. The highest BCUT2D eigenvalue weighted by Crippen LogP contribution is 2.42. The average molecular weight is 594 g/mol. The first-order valence-corrected chi connectivity index (χ1v) is 15.8. The highest BCUT2D eigenvalue weighted by atomic mass is 16.5. The van der Waals surface area contributed by atoms with Crippen LogP contribution in [-0.2, 0) is 14.3 Å². The zero-order chi connectivity index (χ0) is 30.6. The fourth-order valence-electron chi connectivity index (χ4n) is 7.10. The van der Waals surface area contributed by atoms with E-state index in [1.807, 2.05) is 30.3 Å². The number of nitrogens with one attached hydrogen (secondary N) is 1. The van der Waals surface area contributed by atoms with Crippen molar-refractivity contribution in [3.05, 3.63) is 107 Å². The predicted octanol–water partition coefficient (Wildman–Crippen LogP) is 6.18. The normalized spacial score (nSPS) is 24.5. The smallest absolute Gasteiger partial charge is 0.340 e. The van der Waals surface area contributed by atoms with E-state index in [0.29, 0.717) is 30.0 Å². The van der Waals surface area contributed by atoms with Gasteiger partial charge in [0.05, 0.1) is 18.7 Å². The van der Waals surface area contributed by atoms with E-state index in [0.717, 1.165) is 49.7 Å². The number of likely N-dealkylation sites (N-methyl/N-ethyl adjacent to an activating group) is 1. The Morgan fingerprint density at radius 3 is 2.32 bits per heavy atom. The number of carbonyl (C=O) groups excluding carboxylic acids is 2. The lowest BCUT2D eigenvalue weighted by atomic mass is 9.72. The van der Waals surface area contributed by atoms with Gasteiger partial charge >= 0.3 is 5.97 Å². The molecule has 3 aromatic carbocycles. The standard InChI is InChI=1S/C19H20N2O3.C18H23NO/c22-18-10-21-12-5-11(18)6-13(21)8-14(7-12)24-19(23)16-9-20-17-4-2-1-3-15(16)17;1-15-9-7-8-12-17(15)18(20-14-13-19(2)3)16-10-5-4-6-11-16/h1-4,9,11-14,20H,5-8,10H2;4-12,18H,13-14H2,1-3H3/t11?,12-,13+,14?;. The van der Waals surface area contributed by atoms with E-state index in [9.17, 15) is 9.59 Å². The lowest BCUT2D eigenvalue weighted by molar-refractivity contribution is -0.145. The first kappa shape index (κ1) is 30.3. The minimum absolute atomic E-state index is 0.0114. The van der Waals surface area contributed by atoms with Crippen molar-refractivity contribution in [2.45, 2.75) is 56.9 Å². The fraction of sp³-hybridized carbons (Fsp3) is 0.405. The molecule has 0 spiro atoms. The number of fused-ring (bicyclic) bond motifs is 2. The van der Waals surface area contributed by atoms with Gasteiger partial charge in [-0.15, -0.1) is 0 Å². The largest absolute Gasteiger partial charge is 0.459 e. The molecular formula is C37H43N3O4. The summed E-state index contributed by atoms with van der Waals surface area (Å²) in [7, 11) is 4.13. The molecule has 7 heteroatoms.